The van der Waals surface area contributed by atoms with Crippen molar-refractivity contribution in [2.75, 3.05) is 10.2 Å². The van der Waals surface area contributed by atoms with E-state index in [4.69, 9.17) is 17.3 Å². The van der Waals surface area contributed by atoms with Gasteiger partial charge in [0.25, 0.3) is 0 Å². The number of carbonyl (C=O) groups is 2. The number of nitriles is 1. The maximum absolute atomic E-state index is 14.3. The summed E-state index contributed by atoms with van der Waals surface area (Å²) >= 11 is 6.35. The van der Waals surface area contributed by atoms with E-state index in [1.807, 2.05) is 13.0 Å². The number of anilines is 2. The molecule has 5 rings (SSSR count). The average Bonchev–Trinajstić information content (AvgIpc) is 3.03. The summed E-state index contributed by atoms with van der Waals surface area (Å²) in [7, 11) is 0. The number of aryl methyl sites for hydroxylation is 1. The molecule has 2 aromatic rings. The van der Waals surface area contributed by atoms with Gasteiger partial charge >= 0.3 is 0 Å². The lowest BCUT2D eigenvalue weighted by Gasteiger charge is -2.43. The SMILES string of the molecule is Cc1ccc(N2C(N)=C(C#N)C3(C(=O)Nc4ccc(F)cc43)C3=C2CCCC3=O)cc1Cl. The minimum Gasteiger partial charge on any atom is -0.384 e. The topological polar surface area (TPSA) is 99.2 Å². The van der Waals surface area contributed by atoms with E-state index < -0.39 is 17.1 Å². The number of benzene rings is 2. The molecule has 6 nitrogen and oxygen atoms in total. The van der Waals surface area contributed by atoms with Crippen LogP contribution in [0.25, 0.3) is 0 Å². The Morgan fingerprint density at radius 2 is 2.00 bits per heavy atom. The van der Waals surface area contributed by atoms with E-state index in [1.54, 1.807) is 17.0 Å². The zero-order chi connectivity index (χ0) is 22.8. The van der Waals surface area contributed by atoms with Gasteiger partial charge in [-0.05, 0) is 55.7 Å². The van der Waals surface area contributed by atoms with Gasteiger partial charge in [-0.25, -0.2) is 4.39 Å². The Balaban J connectivity index is 1.88. The summed E-state index contributed by atoms with van der Waals surface area (Å²) in [5, 5.41) is 13.4. The zero-order valence-corrected chi connectivity index (χ0v) is 17.9. The van der Waals surface area contributed by atoms with Crippen LogP contribution in [-0.2, 0) is 15.0 Å². The fourth-order valence-corrected chi connectivity index (χ4v) is 5.15. The first-order valence-electron chi connectivity index (χ1n) is 10.2. The Labute approximate surface area is 188 Å². The van der Waals surface area contributed by atoms with E-state index in [2.05, 4.69) is 11.4 Å². The third-order valence-corrected chi connectivity index (χ3v) is 6.81. The van der Waals surface area contributed by atoms with Gasteiger partial charge in [-0.3, -0.25) is 14.5 Å². The predicted molar refractivity (Wildman–Crippen MR) is 118 cm³/mol. The molecule has 8 heteroatoms. The average molecular weight is 449 g/mol. The van der Waals surface area contributed by atoms with Crippen LogP contribution < -0.4 is 16.0 Å². The second kappa shape index (κ2) is 6.94. The van der Waals surface area contributed by atoms with Crippen molar-refractivity contribution in [1.29, 1.82) is 5.26 Å². The lowest BCUT2D eigenvalue weighted by Crippen LogP contribution is -2.50. The van der Waals surface area contributed by atoms with E-state index in [9.17, 15) is 19.2 Å². The maximum Gasteiger partial charge on any atom is 0.245 e. The number of ketones is 1. The van der Waals surface area contributed by atoms with Gasteiger partial charge in [0.1, 0.15) is 23.1 Å². The first-order chi connectivity index (χ1) is 15.3. The number of fused-ring (bicyclic) bond motifs is 3. The highest BCUT2D eigenvalue weighted by molar-refractivity contribution is 6.31. The number of Topliss-reactive ketones (excluding diaryl/α,β-unsaturated/α-hetero) is 1. The number of nitrogens with two attached hydrogens (primary N) is 1. The highest BCUT2D eigenvalue weighted by Crippen LogP contribution is 2.55. The van der Waals surface area contributed by atoms with Gasteiger partial charge in [0.05, 0.1) is 5.57 Å². The number of nitrogens with one attached hydrogen (secondary N) is 1. The molecule has 0 aromatic heterocycles. The van der Waals surface area contributed by atoms with Crippen LogP contribution >= 0.6 is 11.6 Å². The van der Waals surface area contributed by atoms with E-state index in [0.717, 1.165) is 5.56 Å². The van der Waals surface area contributed by atoms with E-state index >= 15 is 0 Å². The number of hydrogen-bond acceptors (Lipinski definition) is 5. The molecule has 0 radical (unpaired) electrons. The van der Waals surface area contributed by atoms with Crippen molar-refractivity contribution in [3.63, 3.8) is 0 Å². The molecule has 1 atom stereocenters. The minimum absolute atomic E-state index is 0.0214. The molecule has 1 spiro atoms. The molecule has 0 fully saturated rings. The highest BCUT2D eigenvalue weighted by atomic mass is 35.5. The van der Waals surface area contributed by atoms with Crippen LogP contribution in [-0.4, -0.2) is 11.7 Å². The predicted octanol–water partition coefficient (Wildman–Crippen LogP) is 4.20. The molecular weight excluding hydrogens is 431 g/mol. The summed E-state index contributed by atoms with van der Waals surface area (Å²) in [5.41, 5.74) is 7.38. The summed E-state index contributed by atoms with van der Waals surface area (Å²) < 4.78 is 14.3. The van der Waals surface area contributed by atoms with Crippen molar-refractivity contribution in [1.82, 2.24) is 0 Å². The van der Waals surface area contributed by atoms with Crippen LogP contribution in [0.1, 0.15) is 30.4 Å². The summed E-state index contributed by atoms with van der Waals surface area (Å²) in [6, 6.07) is 11.2. The summed E-state index contributed by atoms with van der Waals surface area (Å²) in [4.78, 5) is 28.4. The number of rotatable bonds is 1. The van der Waals surface area contributed by atoms with Crippen molar-refractivity contribution >= 4 is 34.7 Å². The van der Waals surface area contributed by atoms with E-state index in [1.165, 1.54) is 18.2 Å². The Morgan fingerprint density at radius 3 is 2.72 bits per heavy atom. The lowest BCUT2D eigenvalue weighted by atomic mass is 9.64. The normalized spacial score (nSPS) is 22.1. The van der Waals surface area contributed by atoms with Crippen molar-refractivity contribution in [2.45, 2.75) is 31.6 Å². The van der Waals surface area contributed by atoms with Crippen LogP contribution in [0, 0.1) is 24.1 Å². The molecule has 0 saturated heterocycles. The van der Waals surface area contributed by atoms with Crippen molar-refractivity contribution in [3.05, 3.63) is 81.0 Å². The summed E-state index contributed by atoms with van der Waals surface area (Å²) in [5.74, 6) is -1.40. The standard InChI is InChI=1S/C24H18ClFN4O2/c1-12-5-7-14(10-17(12)25)30-19-3-2-4-20(31)21(19)24(16(11-27)22(30)28)15-9-13(26)6-8-18(15)29-23(24)32/h5-10H,2-4,28H2,1H3,(H,29,32). The largest absolute Gasteiger partial charge is 0.384 e. The third-order valence-electron chi connectivity index (χ3n) is 6.40. The van der Waals surface area contributed by atoms with Gasteiger partial charge in [-0.1, -0.05) is 17.7 Å². The second-order valence-corrected chi connectivity index (χ2v) is 8.54. The second-order valence-electron chi connectivity index (χ2n) is 8.13. The number of halogens is 2. The smallest absolute Gasteiger partial charge is 0.245 e. The molecule has 1 unspecified atom stereocenters. The third kappa shape index (κ3) is 2.50. The first kappa shape index (κ1) is 20.3. The van der Waals surface area contributed by atoms with E-state index in [-0.39, 0.29) is 34.7 Å². The van der Waals surface area contributed by atoms with Crippen molar-refractivity contribution < 1.29 is 14.0 Å². The quantitative estimate of drug-likeness (QED) is 0.681. The molecule has 2 heterocycles. The van der Waals surface area contributed by atoms with E-state index in [0.29, 0.717) is 34.9 Å². The minimum atomic E-state index is -1.78. The van der Waals surface area contributed by atoms with Crippen LogP contribution in [0.2, 0.25) is 5.02 Å². The molecule has 0 saturated carbocycles. The van der Waals surface area contributed by atoms with Crippen LogP contribution in [0.15, 0.2) is 59.1 Å². The summed E-state index contributed by atoms with van der Waals surface area (Å²) in [6.45, 7) is 1.86. The Morgan fingerprint density at radius 1 is 1.22 bits per heavy atom. The number of nitrogens with zero attached hydrogens (tertiary/aromatic N) is 2. The summed E-state index contributed by atoms with van der Waals surface area (Å²) in [6.07, 6.45) is 1.25. The fraction of sp³-hybridized carbons (Fsp3) is 0.208. The molecule has 3 N–H and O–H groups in total. The Hall–Kier alpha value is -3.63. The van der Waals surface area contributed by atoms with Gasteiger partial charge in [0, 0.05) is 39.7 Å². The molecular formula is C24H18ClFN4O2. The molecule has 3 aliphatic rings. The molecule has 32 heavy (non-hydrogen) atoms. The Kier molecular flexibility index (Phi) is 4.40. The monoisotopic (exact) mass is 448 g/mol. The fourth-order valence-electron chi connectivity index (χ4n) is 4.98. The molecule has 2 aliphatic heterocycles. The number of carbonyl (C=O) groups excluding carboxylic acids is 2. The van der Waals surface area contributed by atoms with Gasteiger partial charge in [0.15, 0.2) is 5.78 Å². The zero-order valence-electron chi connectivity index (χ0n) is 17.1. The van der Waals surface area contributed by atoms with Crippen molar-refractivity contribution in [2.24, 2.45) is 5.73 Å². The maximum atomic E-state index is 14.3. The van der Waals surface area contributed by atoms with Gasteiger partial charge in [0.2, 0.25) is 5.91 Å². The highest BCUT2D eigenvalue weighted by Gasteiger charge is 2.60. The van der Waals surface area contributed by atoms with Gasteiger partial charge in [-0.2, -0.15) is 5.26 Å². The molecule has 1 aliphatic carbocycles. The van der Waals surface area contributed by atoms with Gasteiger partial charge < -0.3 is 11.1 Å². The lowest BCUT2D eigenvalue weighted by molar-refractivity contribution is -0.122. The molecule has 1 amide bonds. The molecule has 0 bridgehead atoms. The van der Waals surface area contributed by atoms with Gasteiger partial charge in [-0.15, -0.1) is 0 Å². The van der Waals surface area contributed by atoms with Crippen molar-refractivity contribution in [3.8, 4) is 6.07 Å². The van der Waals surface area contributed by atoms with Crippen LogP contribution in [0.5, 0.6) is 0 Å². The number of allylic oxidation sites excluding steroid dienone is 1. The molecule has 2 aromatic carbocycles. The molecule has 160 valence electrons. The Bertz CT molecular complexity index is 1340. The van der Waals surface area contributed by atoms with Crippen LogP contribution in [0.4, 0.5) is 15.8 Å². The van der Waals surface area contributed by atoms with Crippen LogP contribution in [0.3, 0.4) is 0 Å². The first-order valence-corrected chi connectivity index (χ1v) is 10.5. The number of hydrogen-bond donors (Lipinski definition) is 2. The number of amides is 1.